The van der Waals surface area contributed by atoms with Crippen LogP contribution in [0.25, 0.3) is 0 Å². The van der Waals surface area contributed by atoms with E-state index in [4.69, 9.17) is 9.47 Å². The Balaban J connectivity index is 1.99. The molecule has 0 saturated carbocycles. The van der Waals surface area contributed by atoms with Gasteiger partial charge < -0.3 is 19.5 Å². The predicted octanol–water partition coefficient (Wildman–Crippen LogP) is 6.08. The molecule has 0 aromatic rings. The van der Waals surface area contributed by atoms with E-state index < -0.39 is 6.16 Å². The first-order chi connectivity index (χ1) is 14.3. The van der Waals surface area contributed by atoms with Crippen molar-refractivity contribution in [3.63, 3.8) is 0 Å². The molecule has 29 heavy (non-hydrogen) atoms. The van der Waals surface area contributed by atoms with Crippen LogP contribution in [0.2, 0.25) is 0 Å². The number of aliphatic hydroxyl groups excluding tert-OH is 1. The average molecular weight is 414 g/mol. The zero-order chi connectivity index (χ0) is 21.0. The molecule has 1 N–H and O–H groups in total. The fraction of sp³-hybridized carbons (Fsp3) is 0.958. The van der Waals surface area contributed by atoms with E-state index in [1.807, 2.05) is 0 Å². The molecule has 0 bridgehead atoms. The summed E-state index contributed by atoms with van der Waals surface area (Å²) in [5.74, 6) is 0. The second kappa shape index (κ2) is 19.2. The van der Waals surface area contributed by atoms with E-state index in [1.54, 1.807) is 0 Å². The Morgan fingerprint density at radius 1 is 0.862 bits per heavy atom. The first-order valence-electron chi connectivity index (χ1n) is 12.4. The summed E-state index contributed by atoms with van der Waals surface area (Å²) >= 11 is 0. The maximum atomic E-state index is 11.9. The van der Waals surface area contributed by atoms with E-state index in [1.165, 1.54) is 90.1 Å². The van der Waals surface area contributed by atoms with Crippen LogP contribution in [0, 0.1) is 0 Å². The summed E-state index contributed by atoms with van der Waals surface area (Å²) in [4.78, 5) is 14.4. The molecule has 0 aromatic carbocycles. The van der Waals surface area contributed by atoms with Crippen LogP contribution in [0.5, 0.6) is 0 Å². The number of piperidine rings is 1. The van der Waals surface area contributed by atoms with Gasteiger partial charge >= 0.3 is 6.16 Å². The van der Waals surface area contributed by atoms with Crippen molar-refractivity contribution < 1.29 is 19.4 Å². The third kappa shape index (κ3) is 15.7. The van der Waals surface area contributed by atoms with Crippen LogP contribution in [-0.2, 0) is 9.47 Å². The zero-order valence-corrected chi connectivity index (χ0v) is 19.0. The largest absolute Gasteiger partial charge is 0.508 e. The van der Waals surface area contributed by atoms with E-state index in [0.717, 1.165) is 25.8 Å². The first-order valence-corrected chi connectivity index (χ1v) is 12.4. The highest BCUT2D eigenvalue weighted by atomic mass is 16.7. The molecular formula is C24H47NO4. The van der Waals surface area contributed by atoms with Crippen LogP contribution in [-0.4, -0.2) is 55.1 Å². The third-order valence-corrected chi connectivity index (χ3v) is 5.88. The lowest BCUT2D eigenvalue weighted by Gasteiger charge is -2.26. The van der Waals surface area contributed by atoms with Gasteiger partial charge in [0.2, 0.25) is 0 Å². The van der Waals surface area contributed by atoms with Crippen LogP contribution in [0.3, 0.4) is 0 Å². The SMILES string of the molecule is CCCCCCCCCCCCC(CCO)OC(=O)OCCCN1CCCCC1. The molecule has 1 rings (SSSR count). The number of likely N-dealkylation sites (tertiary alicyclic amines) is 1. The highest BCUT2D eigenvalue weighted by Gasteiger charge is 2.15. The number of hydrogen-bond donors (Lipinski definition) is 1. The molecule has 1 fully saturated rings. The monoisotopic (exact) mass is 413 g/mol. The molecule has 0 amide bonds. The second-order valence-electron chi connectivity index (χ2n) is 8.58. The predicted molar refractivity (Wildman–Crippen MR) is 119 cm³/mol. The molecule has 1 atom stereocenters. The minimum atomic E-state index is -0.575. The minimum absolute atomic E-state index is 0.0463. The number of aliphatic hydroxyl groups is 1. The van der Waals surface area contributed by atoms with Gasteiger partial charge in [-0.15, -0.1) is 0 Å². The lowest BCUT2D eigenvalue weighted by molar-refractivity contribution is 0.0101. The van der Waals surface area contributed by atoms with Crippen LogP contribution in [0.4, 0.5) is 4.79 Å². The number of unbranched alkanes of at least 4 members (excludes halogenated alkanes) is 9. The molecule has 1 saturated heterocycles. The zero-order valence-electron chi connectivity index (χ0n) is 19.0. The fourth-order valence-electron chi connectivity index (χ4n) is 4.06. The van der Waals surface area contributed by atoms with Gasteiger partial charge in [-0.05, 0) is 45.2 Å². The highest BCUT2D eigenvalue weighted by molar-refractivity contribution is 5.60. The first kappa shape index (κ1) is 26.2. The van der Waals surface area contributed by atoms with Crippen molar-refractivity contribution in [2.75, 3.05) is 32.8 Å². The van der Waals surface area contributed by atoms with E-state index in [2.05, 4.69) is 11.8 Å². The molecule has 0 aromatic heterocycles. The van der Waals surface area contributed by atoms with Crippen molar-refractivity contribution in [1.29, 1.82) is 0 Å². The van der Waals surface area contributed by atoms with Crippen molar-refractivity contribution in [3.8, 4) is 0 Å². The summed E-state index contributed by atoms with van der Waals surface area (Å²) in [6, 6.07) is 0. The molecule has 5 heteroatoms. The Labute approximate surface area is 179 Å². The Morgan fingerprint density at radius 3 is 2.10 bits per heavy atom. The molecule has 0 radical (unpaired) electrons. The number of rotatable bonds is 18. The summed E-state index contributed by atoms with van der Waals surface area (Å²) in [6.07, 6.45) is 18.2. The Morgan fingerprint density at radius 2 is 1.48 bits per heavy atom. The van der Waals surface area contributed by atoms with Crippen LogP contribution in [0.1, 0.15) is 110 Å². The van der Waals surface area contributed by atoms with Gasteiger partial charge in [-0.2, -0.15) is 0 Å². The number of carbonyl (C=O) groups is 1. The Hall–Kier alpha value is -0.810. The lowest BCUT2D eigenvalue weighted by atomic mass is 10.0. The van der Waals surface area contributed by atoms with E-state index in [9.17, 15) is 9.90 Å². The van der Waals surface area contributed by atoms with Gasteiger partial charge in [-0.1, -0.05) is 71.1 Å². The van der Waals surface area contributed by atoms with Crippen molar-refractivity contribution in [3.05, 3.63) is 0 Å². The van der Waals surface area contributed by atoms with Crippen molar-refractivity contribution in [2.45, 2.75) is 116 Å². The normalized spacial score (nSPS) is 15.9. The van der Waals surface area contributed by atoms with Crippen molar-refractivity contribution >= 4 is 6.16 Å². The summed E-state index contributed by atoms with van der Waals surface area (Å²) in [7, 11) is 0. The standard InChI is InChI=1S/C24H47NO4/c1-2-3-4-5-6-7-8-9-10-12-16-23(17-21-26)29-24(27)28-22-15-20-25-18-13-11-14-19-25/h23,26H,2-22H2,1H3. The molecule has 5 nitrogen and oxygen atoms in total. The van der Waals surface area contributed by atoms with E-state index >= 15 is 0 Å². The van der Waals surface area contributed by atoms with E-state index in [0.29, 0.717) is 13.0 Å². The van der Waals surface area contributed by atoms with Gasteiger partial charge in [0.05, 0.1) is 6.61 Å². The summed E-state index contributed by atoms with van der Waals surface area (Å²) in [5.41, 5.74) is 0. The molecule has 0 aliphatic carbocycles. The van der Waals surface area contributed by atoms with Crippen LogP contribution >= 0.6 is 0 Å². The van der Waals surface area contributed by atoms with Gasteiger partial charge in [0.25, 0.3) is 0 Å². The van der Waals surface area contributed by atoms with Gasteiger partial charge in [-0.3, -0.25) is 0 Å². The van der Waals surface area contributed by atoms with Crippen LogP contribution < -0.4 is 0 Å². The van der Waals surface area contributed by atoms with E-state index in [-0.39, 0.29) is 12.7 Å². The van der Waals surface area contributed by atoms with Crippen molar-refractivity contribution in [1.82, 2.24) is 4.90 Å². The lowest BCUT2D eigenvalue weighted by Crippen LogP contribution is -2.31. The molecule has 1 heterocycles. The smallest absolute Gasteiger partial charge is 0.434 e. The maximum absolute atomic E-state index is 11.9. The Kier molecular flexibility index (Phi) is 17.3. The average Bonchev–Trinajstić information content (AvgIpc) is 2.73. The molecule has 1 aliphatic heterocycles. The minimum Gasteiger partial charge on any atom is -0.434 e. The fourth-order valence-corrected chi connectivity index (χ4v) is 4.06. The quantitative estimate of drug-likeness (QED) is 0.218. The molecule has 0 spiro atoms. The second-order valence-corrected chi connectivity index (χ2v) is 8.58. The number of nitrogens with zero attached hydrogens (tertiary/aromatic N) is 1. The molecular weight excluding hydrogens is 366 g/mol. The van der Waals surface area contributed by atoms with Gasteiger partial charge in [0, 0.05) is 19.6 Å². The van der Waals surface area contributed by atoms with Gasteiger partial charge in [-0.25, -0.2) is 4.79 Å². The molecule has 172 valence electrons. The Bertz CT molecular complexity index is 372. The number of carbonyl (C=O) groups excluding carboxylic acids is 1. The third-order valence-electron chi connectivity index (χ3n) is 5.88. The maximum Gasteiger partial charge on any atom is 0.508 e. The number of hydrogen-bond acceptors (Lipinski definition) is 5. The highest BCUT2D eigenvalue weighted by Crippen LogP contribution is 2.15. The molecule has 1 aliphatic rings. The van der Waals surface area contributed by atoms with Gasteiger partial charge in [0.1, 0.15) is 6.10 Å². The molecule has 1 unspecified atom stereocenters. The summed E-state index contributed by atoms with van der Waals surface area (Å²) in [6.45, 7) is 6.05. The van der Waals surface area contributed by atoms with Gasteiger partial charge in [0.15, 0.2) is 0 Å². The van der Waals surface area contributed by atoms with Crippen molar-refractivity contribution in [2.24, 2.45) is 0 Å². The number of ether oxygens (including phenoxy) is 2. The summed E-state index contributed by atoms with van der Waals surface area (Å²) in [5, 5.41) is 9.23. The summed E-state index contributed by atoms with van der Waals surface area (Å²) < 4.78 is 10.7. The van der Waals surface area contributed by atoms with Crippen LogP contribution in [0.15, 0.2) is 0 Å². The topological polar surface area (TPSA) is 59.0 Å².